The molecule has 0 aliphatic rings. The molecule has 0 unspecified atom stereocenters. The fourth-order valence-electron chi connectivity index (χ4n) is 2.31. The van der Waals surface area contributed by atoms with Crippen LogP contribution < -0.4 is 0 Å². The Balaban J connectivity index is 1.98. The fraction of sp³-hybridized carbons (Fsp3) is 0.333. The highest BCUT2D eigenvalue weighted by Crippen LogP contribution is 2.29. The van der Waals surface area contributed by atoms with E-state index in [2.05, 4.69) is 47.0 Å². The van der Waals surface area contributed by atoms with Gasteiger partial charge in [0, 0.05) is 16.0 Å². The zero-order valence-corrected chi connectivity index (χ0v) is 13.9. The maximum absolute atomic E-state index is 4.69. The van der Waals surface area contributed by atoms with E-state index < -0.39 is 0 Å². The topological polar surface area (TPSA) is 30.2 Å². The minimum atomic E-state index is 0.552. The number of rotatable bonds is 4. The summed E-state index contributed by atoms with van der Waals surface area (Å²) in [7, 11) is 0. The van der Waals surface area contributed by atoms with Gasteiger partial charge < -0.3 is 0 Å². The Hall–Kier alpha value is -1.20. The van der Waals surface area contributed by atoms with E-state index in [1.807, 2.05) is 22.8 Å². The largest absolute Gasteiger partial charge is 0.217 e. The average molecular weight is 350 g/mol. The van der Waals surface area contributed by atoms with E-state index in [9.17, 15) is 0 Å². The van der Waals surface area contributed by atoms with Crippen LogP contribution >= 0.6 is 27.3 Å². The van der Waals surface area contributed by atoms with Crippen molar-refractivity contribution < 1.29 is 0 Å². The summed E-state index contributed by atoms with van der Waals surface area (Å²) in [6.07, 6.45) is 4.27. The summed E-state index contributed by atoms with van der Waals surface area (Å²) in [4.78, 5) is 5.67. The number of halogens is 1. The van der Waals surface area contributed by atoms with Crippen molar-refractivity contribution in [3.63, 3.8) is 0 Å². The first kappa shape index (κ1) is 13.8. The maximum atomic E-state index is 4.69. The van der Waals surface area contributed by atoms with Crippen molar-refractivity contribution in [2.45, 2.75) is 32.6 Å². The number of benzene rings is 1. The first-order valence-electron chi connectivity index (χ1n) is 6.83. The molecule has 0 aliphatic heterocycles. The number of hydrogen-bond donors (Lipinski definition) is 0. The van der Waals surface area contributed by atoms with Gasteiger partial charge in [0.15, 0.2) is 0 Å². The SMILES string of the molecule is CCC(CC)c1nn2cc(-c3cccc(Br)c3)nc2s1. The van der Waals surface area contributed by atoms with Crippen LogP contribution in [-0.2, 0) is 0 Å². The van der Waals surface area contributed by atoms with Gasteiger partial charge in [-0.25, -0.2) is 9.50 Å². The lowest BCUT2D eigenvalue weighted by molar-refractivity contribution is 0.626. The molecule has 104 valence electrons. The summed E-state index contributed by atoms with van der Waals surface area (Å²) in [5, 5.41) is 5.88. The standard InChI is InChI=1S/C15H16BrN3S/c1-3-10(4-2)14-18-19-9-13(17-15(19)20-14)11-6-5-7-12(16)8-11/h5-10H,3-4H2,1-2H3. The van der Waals surface area contributed by atoms with Crippen molar-refractivity contribution in [2.24, 2.45) is 0 Å². The minimum Gasteiger partial charge on any atom is -0.217 e. The molecule has 0 radical (unpaired) electrons. The normalized spacial score (nSPS) is 11.6. The van der Waals surface area contributed by atoms with Gasteiger partial charge in [-0.15, -0.1) is 0 Å². The van der Waals surface area contributed by atoms with Crippen LogP contribution in [0.5, 0.6) is 0 Å². The van der Waals surface area contributed by atoms with Crippen LogP contribution in [0.4, 0.5) is 0 Å². The zero-order valence-electron chi connectivity index (χ0n) is 11.5. The van der Waals surface area contributed by atoms with Gasteiger partial charge in [0.25, 0.3) is 0 Å². The molecule has 0 bridgehead atoms. The van der Waals surface area contributed by atoms with Crippen molar-refractivity contribution in [3.8, 4) is 11.3 Å². The zero-order chi connectivity index (χ0) is 14.1. The molecule has 3 rings (SSSR count). The van der Waals surface area contributed by atoms with Gasteiger partial charge >= 0.3 is 0 Å². The third-order valence-corrected chi connectivity index (χ3v) is 5.09. The maximum Gasteiger partial charge on any atom is 0.212 e. The molecule has 0 amide bonds. The van der Waals surface area contributed by atoms with Crippen molar-refractivity contribution in [1.29, 1.82) is 0 Å². The van der Waals surface area contributed by atoms with Crippen LogP contribution in [0.1, 0.15) is 37.6 Å². The molecule has 2 heterocycles. The molecule has 0 aliphatic carbocycles. The average Bonchev–Trinajstić information content (AvgIpc) is 2.98. The fourth-order valence-corrected chi connectivity index (χ4v) is 3.85. The van der Waals surface area contributed by atoms with E-state index in [1.165, 1.54) is 5.01 Å². The van der Waals surface area contributed by atoms with Crippen LogP contribution in [0.3, 0.4) is 0 Å². The molecule has 0 atom stereocenters. The molecule has 20 heavy (non-hydrogen) atoms. The highest BCUT2D eigenvalue weighted by molar-refractivity contribution is 9.10. The quantitative estimate of drug-likeness (QED) is 0.653. The number of fused-ring (bicyclic) bond motifs is 1. The predicted molar refractivity (Wildman–Crippen MR) is 87.3 cm³/mol. The molecule has 3 aromatic rings. The van der Waals surface area contributed by atoms with Crippen molar-refractivity contribution in [3.05, 3.63) is 39.9 Å². The predicted octanol–water partition coefficient (Wildman–Crippen LogP) is 5.12. The van der Waals surface area contributed by atoms with E-state index in [0.29, 0.717) is 5.92 Å². The summed E-state index contributed by atoms with van der Waals surface area (Å²) in [6.45, 7) is 4.43. The highest BCUT2D eigenvalue weighted by Gasteiger charge is 2.15. The molecule has 5 heteroatoms. The first-order valence-corrected chi connectivity index (χ1v) is 8.44. The number of imidazole rings is 1. The van der Waals surface area contributed by atoms with Gasteiger partial charge in [-0.1, -0.05) is 53.2 Å². The molecule has 3 nitrogen and oxygen atoms in total. The third kappa shape index (κ3) is 2.52. The lowest BCUT2D eigenvalue weighted by Crippen LogP contribution is -1.95. The molecule has 1 aromatic carbocycles. The van der Waals surface area contributed by atoms with E-state index in [4.69, 9.17) is 4.98 Å². The summed E-state index contributed by atoms with van der Waals surface area (Å²) in [5.74, 6) is 0.552. The second-order valence-corrected chi connectivity index (χ2v) is 6.72. The summed E-state index contributed by atoms with van der Waals surface area (Å²) >= 11 is 5.20. The second-order valence-electron chi connectivity index (χ2n) is 4.82. The Kier molecular flexibility index (Phi) is 3.89. The molecule has 0 fully saturated rings. The summed E-state index contributed by atoms with van der Waals surface area (Å²) in [5.41, 5.74) is 2.09. The van der Waals surface area contributed by atoms with E-state index >= 15 is 0 Å². The first-order chi connectivity index (χ1) is 9.71. The molecule has 0 spiro atoms. The van der Waals surface area contributed by atoms with E-state index in [0.717, 1.165) is 33.5 Å². The van der Waals surface area contributed by atoms with Crippen LogP contribution in [0.2, 0.25) is 0 Å². The van der Waals surface area contributed by atoms with Crippen LogP contribution in [0.25, 0.3) is 16.2 Å². The molecule has 0 saturated carbocycles. The molecular weight excluding hydrogens is 334 g/mol. The second kappa shape index (κ2) is 5.66. The summed E-state index contributed by atoms with van der Waals surface area (Å²) < 4.78 is 2.98. The monoisotopic (exact) mass is 349 g/mol. The van der Waals surface area contributed by atoms with Gasteiger partial charge in [0.2, 0.25) is 4.96 Å². The highest BCUT2D eigenvalue weighted by atomic mass is 79.9. The summed E-state index contributed by atoms with van der Waals surface area (Å²) in [6, 6.07) is 8.19. The van der Waals surface area contributed by atoms with Crippen LogP contribution in [-0.4, -0.2) is 14.6 Å². The third-order valence-electron chi connectivity index (χ3n) is 3.51. The Bertz CT molecular complexity index is 696. The van der Waals surface area contributed by atoms with Crippen LogP contribution in [0, 0.1) is 0 Å². The Morgan fingerprint density at radius 2 is 2.10 bits per heavy atom. The number of nitrogens with zero attached hydrogens (tertiary/aromatic N) is 3. The van der Waals surface area contributed by atoms with Crippen molar-refractivity contribution in [1.82, 2.24) is 14.6 Å². The lowest BCUT2D eigenvalue weighted by Gasteiger charge is -2.05. The van der Waals surface area contributed by atoms with Gasteiger partial charge in [0.05, 0.1) is 11.9 Å². The minimum absolute atomic E-state index is 0.552. The Labute approximate surface area is 130 Å². The molecule has 0 saturated heterocycles. The Morgan fingerprint density at radius 3 is 2.75 bits per heavy atom. The molecular formula is C15H16BrN3S. The number of hydrogen-bond acceptors (Lipinski definition) is 3. The van der Waals surface area contributed by atoms with E-state index in [-0.39, 0.29) is 0 Å². The van der Waals surface area contributed by atoms with Gasteiger partial charge in [-0.05, 0) is 25.0 Å². The molecule has 0 N–H and O–H groups in total. The van der Waals surface area contributed by atoms with E-state index in [1.54, 1.807) is 11.3 Å². The number of aromatic nitrogens is 3. The molecule has 2 aromatic heterocycles. The smallest absolute Gasteiger partial charge is 0.212 e. The van der Waals surface area contributed by atoms with Crippen molar-refractivity contribution in [2.75, 3.05) is 0 Å². The van der Waals surface area contributed by atoms with Gasteiger partial charge in [-0.3, -0.25) is 0 Å². The van der Waals surface area contributed by atoms with Gasteiger partial charge in [0.1, 0.15) is 5.01 Å². The lowest BCUT2D eigenvalue weighted by atomic mass is 10.1. The van der Waals surface area contributed by atoms with Gasteiger partial charge in [-0.2, -0.15) is 5.10 Å². The Morgan fingerprint density at radius 1 is 1.30 bits per heavy atom. The van der Waals surface area contributed by atoms with Crippen LogP contribution in [0.15, 0.2) is 34.9 Å². The van der Waals surface area contributed by atoms with Crippen molar-refractivity contribution >= 4 is 32.2 Å².